The Morgan fingerprint density at radius 3 is 2.68 bits per heavy atom. The van der Waals surface area contributed by atoms with E-state index in [9.17, 15) is 4.39 Å². The van der Waals surface area contributed by atoms with Crippen molar-refractivity contribution in [2.24, 2.45) is 0 Å². The summed E-state index contributed by atoms with van der Waals surface area (Å²) in [4.78, 5) is 6.76. The molecule has 22 heavy (non-hydrogen) atoms. The number of anilines is 2. The number of rotatable bonds is 2. The summed E-state index contributed by atoms with van der Waals surface area (Å²) in [5.41, 5.74) is 8.32. The SMILES string of the molecule is Nc1c(N2CCCC2)nc2ccc(-c3cccc(F)c3)nn12. The highest BCUT2D eigenvalue weighted by molar-refractivity contribution is 5.69. The molecule has 0 saturated carbocycles. The fourth-order valence-electron chi connectivity index (χ4n) is 2.90. The molecule has 4 rings (SSSR count). The zero-order chi connectivity index (χ0) is 15.1. The Balaban J connectivity index is 1.82. The average Bonchev–Trinajstić information content (AvgIpc) is 3.15. The average molecular weight is 297 g/mol. The highest BCUT2D eigenvalue weighted by atomic mass is 19.1. The van der Waals surface area contributed by atoms with Gasteiger partial charge in [-0.3, -0.25) is 0 Å². The van der Waals surface area contributed by atoms with Gasteiger partial charge in [-0.05, 0) is 37.1 Å². The molecular formula is C16H16FN5. The van der Waals surface area contributed by atoms with E-state index >= 15 is 0 Å². The van der Waals surface area contributed by atoms with Gasteiger partial charge in [0.15, 0.2) is 17.3 Å². The van der Waals surface area contributed by atoms with Gasteiger partial charge >= 0.3 is 0 Å². The fourth-order valence-corrected chi connectivity index (χ4v) is 2.90. The Hall–Kier alpha value is -2.63. The summed E-state index contributed by atoms with van der Waals surface area (Å²) in [5, 5.41) is 4.51. The molecule has 1 saturated heterocycles. The molecular weight excluding hydrogens is 281 g/mol. The van der Waals surface area contributed by atoms with Gasteiger partial charge < -0.3 is 10.6 Å². The third-order valence-corrected chi connectivity index (χ3v) is 4.02. The predicted octanol–water partition coefficient (Wildman–Crippen LogP) is 2.72. The summed E-state index contributed by atoms with van der Waals surface area (Å²) < 4.78 is 15.0. The van der Waals surface area contributed by atoms with Crippen LogP contribution in [0.15, 0.2) is 36.4 Å². The number of halogens is 1. The van der Waals surface area contributed by atoms with Crippen LogP contribution in [-0.2, 0) is 0 Å². The minimum absolute atomic E-state index is 0.282. The number of imidazole rings is 1. The molecule has 6 heteroatoms. The van der Waals surface area contributed by atoms with Crippen molar-refractivity contribution in [3.8, 4) is 11.3 Å². The van der Waals surface area contributed by atoms with E-state index in [-0.39, 0.29) is 5.82 Å². The third kappa shape index (κ3) is 2.07. The maximum absolute atomic E-state index is 13.4. The van der Waals surface area contributed by atoms with Gasteiger partial charge in [0, 0.05) is 18.7 Å². The molecule has 0 atom stereocenters. The number of nitrogen functional groups attached to an aromatic ring is 1. The zero-order valence-corrected chi connectivity index (χ0v) is 12.0. The number of aromatic nitrogens is 3. The van der Waals surface area contributed by atoms with Crippen LogP contribution in [0.5, 0.6) is 0 Å². The smallest absolute Gasteiger partial charge is 0.173 e. The summed E-state index contributed by atoms with van der Waals surface area (Å²) in [6.07, 6.45) is 2.32. The minimum atomic E-state index is -0.282. The van der Waals surface area contributed by atoms with Crippen LogP contribution in [0.4, 0.5) is 16.0 Å². The van der Waals surface area contributed by atoms with Gasteiger partial charge in [0.05, 0.1) is 5.69 Å². The van der Waals surface area contributed by atoms with Gasteiger partial charge in [-0.1, -0.05) is 12.1 Å². The summed E-state index contributed by atoms with van der Waals surface area (Å²) in [6.45, 7) is 1.95. The quantitative estimate of drug-likeness (QED) is 0.790. The van der Waals surface area contributed by atoms with E-state index < -0.39 is 0 Å². The normalized spacial score (nSPS) is 14.9. The molecule has 2 N–H and O–H groups in total. The minimum Gasteiger partial charge on any atom is -0.381 e. The predicted molar refractivity (Wildman–Crippen MR) is 84.2 cm³/mol. The number of nitrogens with two attached hydrogens (primary N) is 1. The first-order chi connectivity index (χ1) is 10.7. The Morgan fingerprint density at radius 2 is 1.91 bits per heavy atom. The van der Waals surface area contributed by atoms with Crippen molar-refractivity contribution in [3.05, 3.63) is 42.2 Å². The van der Waals surface area contributed by atoms with Gasteiger partial charge in [-0.2, -0.15) is 9.61 Å². The van der Waals surface area contributed by atoms with Crippen molar-refractivity contribution in [1.82, 2.24) is 14.6 Å². The standard InChI is InChI=1S/C16H16FN5/c17-12-5-3-4-11(10-12)13-6-7-14-19-16(15(18)22(14)20-13)21-8-1-2-9-21/h3-7,10H,1-2,8-9,18H2. The second-order valence-electron chi connectivity index (χ2n) is 5.51. The van der Waals surface area contributed by atoms with Crippen molar-refractivity contribution < 1.29 is 4.39 Å². The van der Waals surface area contributed by atoms with Crippen LogP contribution in [0.2, 0.25) is 0 Å². The maximum Gasteiger partial charge on any atom is 0.173 e. The third-order valence-electron chi connectivity index (χ3n) is 4.02. The van der Waals surface area contributed by atoms with Crippen LogP contribution in [0, 0.1) is 5.82 Å². The zero-order valence-electron chi connectivity index (χ0n) is 12.0. The van der Waals surface area contributed by atoms with Crippen LogP contribution in [-0.4, -0.2) is 27.7 Å². The van der Waals surface area contributed by atoms with E-state index in [1.165, 1.54) is 12.1 Å². The number of fused-ring (bicyclic) bond motifs is 1. The first-order valence-corrected chi connectivity index (χ1v) is 7.38. The molecule has 1 fully saturated rings. The number of benzene rings is 1. The molecule has 3 heterocycles. The molecule has 0 aliphatic carbocycles. The van der Waals surface area contributed by atoms with E-state index in [0.29, 0.717) is 17.2 Å². The number of nitrogens with zero attached hydrogens (tertiary/aromatic N) is 4. The molecule has 1 aromatic carbocycles. The maximum atomic E-state index is 13.4. The first-order valence-electron chi connectivity index (χ1n) is 7.38. The summed E-state index contributed by atoms with van der Waals surface area (Å²) >= 11 is 0. The molecule has 2 aromatic heterocycles. The summed E-state index contributed by atoms with van der Waals surface area (Å²) in [6, 6.07) is 10.1. The lowest BCUT2D eigenvalue weighted by Crippen LogP contribution is -2.19. The number of hydrogen-bond donors (Lipinski definition) is 1. The van der Waals surface area contributed by atoms with Gasteiger partial charge in [0.2, 0.25) is 0 Å². The molecule has 1 aliphatic heterocycles. The summed E-state index contributed by atoms with van der Waals surface area (Å²) in [5.74, 6) is 1.05. The molecule has 5 nitrogen and oxygen atoms in total. The highest BCUT2D eigenvalue weighted by Crippen LogP contribution is 2.27. The Bertz CT molecular complexity index is 836. The number of hydrogen-bond acceptors (Lipinski definition) is 4. The summed E-state index contributed by atoms with van der Waals surface area (Å²) in [7, 11) is 0. The molecule has 0 bridgehead atoms. The molecule has 112 valence electrons. The van der Waals surface area contributed by atoms with Crippen molar-refractivity contribution in [2.75, 3.05) is 23.7 Å². The van der Waals surface area contributed by atoms with Crippen LogP contribution in [0.25, 0.3) is 16.9 Å². The molecule has 0 unspecified atom stereocenters. The first kappa shape index (κ1) is 13.1. The molecule has 1 aliphatic rings. The molecule has 0 radical (unpaired) electrons. The topological polar surface area (TPSA) is 59.5 Å². The van der Waals surface area contributed by atoms with Crippen LogP contribution >= 0.6 is 0 Å². The van der Waals surface area contributed by atoms with Crippen LogP contribution in [0.3, 0.4) is 0 Å². The molecule has 0 spiro atoms. The van der Waals surface area contributed by atoms with Crippen LogP contribution < -0.4 is 10.6 Å². The Kier molecular flexibility index (Phi) is 2.96. The van der Waals surface area contributed by atoms with Gasteiger partial charge in [0.25, 0.3) is 0 Å². The second-order valence-corrected chi connectivity index (χ2v) is 5.51. The van der Waals surface area contributed by atoms with Crippen LogP contribution in [0.1, 0.15) is 12.8 Å². The van der Waals surface area contributed by atoms with Crippen molar-refractivity contribution >= 4 is 17.3 Å². The van der Waals surface area contributed by atoms with E-state index in [0.717, 1.165) is 37.3 Å². The molecule has 3 aromatic rings. The Morgan fingerprint density at radius 1 is 1.09 bits per heavy atom. The van der Waals surface area contributed by atoms with Gasteiger partial charge in [0.1, 0.15) is 5.82 Å². The largest absolute Gasteiger partial charge is 0.381 e. The van der Waals surface area contributed by atoms with E-state index in [2.05, 4.69) is 15.0 Å². The van der Waals surface area contributed by atoms with E-state index in [1.807, 2.05) is 18.2 Å². The van der Waals surface area contributed by atoms with Gasteiger partial charge in [-0.25, -0.2) is 9.37 Å². The van der Waals surface area contributed by atoms with E-state index in [4.69, 9.17) is 5.73 Å². The van der Waals surface area contributed by atoms with Crippen molar-refractivity contribution in [1.29, 1.82) is 0 Å². The lowest BCUT2D eigenvalue weighted by Gasteiger charge is -2.14. The second kappa shape index (κ2) is 4.98. The Labute approximate surface area is 127 Å². The fraction of sp³-hybridized carbons (Fsp3) is 0.250. The van der Waals surface area contributed by atoms with Crippen molar-refractivity contribution in [2.45, 2.75) is 12.8 Å². The van der Waals surface area contributed by atoms with Crippen molar-refractivity contribution in [3.63, 3.8) is 0 Å². The lowest BCUT2D eigenvalue weighted by molar-refractivity contribution is 0.628. The van der Waals surface area contributed by atoms with E-state index in [1.54, 1.807) is 10.6 Å². The highest BCUT2D eigenvalue weighted by Gasteiger charge is 2.20. The molecule has 0 amide bonds. The monoisotopic (exact) mass is 297 g/mol. The van der Waals surface area contributed by atoms with Gasteiger partial charge in [-0.15, -0.1) is 0 Å². The lowest BCUT2D eigenvalue weighted by atomic mass is 10.1.